The molecule has 0 saturated carbocycles. The Labute approximate surface area is 118 Å². The zero-order valence-electron chi connectivity index (χ0n) is 11.4. The van der Waals surface area contributed by atoms with Gasteiger partial charge in [-0.2, -0.15) is 0 Å². The highest BCUT2D eigenvalue weighted by molar-refractivity contribution is 7.90. The van der Waals surface area contributed by atoms with Gasteiger partial charge in [0.1, 0.15) is 5.76 Å². The van der Waals surface area contributed by atoms with Gasteiger partial charge in [-0.3, -0.25) is 0 Å². The summed E-state index contributed by atoms with van der Waals surface area (Å²) in [5, 5.41) is 0. The average Bonchev–Trinajstić information content (AvgIpc) is 3.10. The monoisotopic (exact) mass is 291 g/mol. The molecule has 1 saturated heterocycles. The Kier molecular flexibility index (Phi) is 3.30. The summed E-state index contributed by atoms with van der Waals surface area (Å²) in [5.41, 5.74) is 1.70. The molecule has 0 amide bonds. The van der Waals surface area contributed by atoms with Crippen molar-refractivity contribution in [2.24, 2.45) is 0 Å². The lowest BCUT2D eigenvalue weighted by Crippen LogP contribution is -2.17. The molecule has 2 heterocycles. The first-order valence-electron chi connectivity index (χ1n) is 6.68. The van der Waals surface area contributed by atoms with Crippen molar-refractivity contribution >= 4 is 15.5 Å². The SMILES string of the molecule is CS(=O)(=O)c1ccc(N2CCCC2)cc1-c1ccco1. The second-order valence-corrected chi connectivity index (χ2v) is 7.11. The Morgan fingerprint density at radius 2 is 1.90 bits per heavy atom. The molecule has 0 spiro atoms. The highest BCUT2D eigenvalue weighted by Crippen LogP contribution is 2.32. The van der Waals surface area contributed by atoms with Gasteiger partial charge < -0.3 is 9.32 Å². The molecule has 0 bridgehead atoms. The minimum Gasteiger partial charge on any atom is -0.464 e. The number of nitrogens with zero attached hydrogens (tertiary/aromatic N) is 1. The maximum atomic E-state index is 11.9. The largest absolute Gasteiger partial charge is 0.464 e. The van der Waals surface area contributed by atoms with Crippen LogP contribution in [-0.4, -0.2) is 27.8 Å². The molecule has 0 aliphatic carbocycles. The molecule has 3 rings (SSSR count). The summed E-state index contributed by atoms with van der Waals surface area (Å²) in [5.74, 6) is 0.589. The van der Waals surface area contributed by atoms with Gasteiger partial charge in [0.15, 0.2) is 9.84 Å². The first kappa shape index (κ1) is 13.2. The lowest BCUT2D eigenvalue weighted by Gasteiger charge is -2.19. The van der Waals surface area contributed by atoms with Crippen molar-refractivity contribution in [2.75, 3.05) is 24.2 Å². The lowest BCUT2D eigenvalue weighted by molar-refractivity contribution is 0.578. The molecule has 4 nitrogen and oxygen atoms in total. The third-order valence-corrected chi connectivity index (χ3v) is 4.78. The van der Waals surface area contributed by atoms with Crippen molar-refractivity contribution in [3.63, 3.8) is 0 Å². The smallest absolute Gasteiger partial charge is 0.176 e. The molecule has 0 atom stereocenters. The third-order valence-electron chi connectivity index (χ3n) is 3.62. The van der Waals surface area contributed by atoms with Gasteiger partial charge in [-0.1, -0.05) is 0 Å². The van der Waals surface area contributed by atoms with Crippen LogP contribution >= 0.6 is 0 Å². The van der Waals surface area contributed by atoms with Crippen LogP contribution in [0.2, 0.25) is 0 Å². The van der Waals surface area contributed by atoms with Crippen molar-refractivity contribution in [3.8, 4) is 11.3 Å². The number of sulfone groups is 1. The van der Waals surface area contributed by atoms with E-state index in [1.54, 1.807) is 24.5 Å². The second kappa shape index (κ2) is 4.98. The fourth-order valence-corrected chi connectivity index (χ4v) is 3.51. The second-order valence-electron chi connectivity index (χ2n) is 5.12. The topological polar surface area (TPSA) is 50.5 Å². The van der Waals surface area contributed by atoms with Crippen molar-refractivity contribution < 1.29 is 12.8 Å². The molecule has 106 valence electrons. The molecule has 5 heteroatoms. The minimum atomic E-state index is -3.28. The van der Waals surface area contributed by atoms with Crippen LogP contribution in [0.15, 0.2) is 45.9 Å². The Balaban J connectivity index is 2.13. The summed E-state index contributed by atoms with van der Waals surface area (Å²) in [6, 6.07) is 9.04. The summed E-state index contributed by atoms with van der Waals surface area (Å²) >= 11 is 0. The number of rotatable bonds is 3. The van der Waals surface area contributed by atoms with Gasteiger partial charge >= 0.3 is 0 Å². The van der Waals surface area contributed by atoms with E-state index in [2.05, 4.69) is 4.90 Å². The highest BCUT2D eigenvalue weighted by atomic mass is 32.2. The number of hydrogen-bond acceptors (Lipinski definition) is 4. The number of anilines is 1. The predicted molar refractivity (Wildman–Crippen MR) is 78.7 cm³/mol. The van der Waals surface area contributed by atoms with Gasteiger partial charge in [-0.05, 0) is 43.2 Å². The fourth-order valence-electron chi connectivity index (χ4n) is 2.64. The third kappa shape index (κ3) is 2.45. The Morgan fingerprint density at radius 3 is 2.50 bits per heavy atom. The maximum Gasteiger partial charge on any atom is 0.176 e. The van der Waals surface area contributed by atoms with E-state index in [-0.39, 0.29) is 0 Å². The van der Waals surface area contributed by atoms with E-state index in [0.29, 0.717) is 16.2 Å². The lowest BCUT2D eigenvalue weighted by atomic mass is 10.1. The van der Waals surface area contributed by atoms with E-state index in [1.807, 2.05) is 12.1 Å². The molecule has 1 aliphatic heterocycles. The highest BCUT2D eigenvalue weighted by Gasteiger charge is 2.20. The first-order chi connectivity index (χ1) is 9.55. The number of furan rings is 1. The number of hydrogen-bond donors (Lipinski definition) is 0. The molecule has 20 heavy (non-hydrogen) atoms. The van der Waals surface area contributed by atoms with E-state index < -0.39 is 9.84 Å². The summed E-state index contributed by atoms with van der Waals surface area (Å²) in [6.07, 6.45) is 5.15. The van der Waals surface area contributed by atoms with Crippen LogP contribution in [0.4, 0.5) is 5.69 Å². The van der Waals surface area contributed by atoms with Gasteiger partial charge in [0.05, 0.1) is 11.2 Å². The molecular weight excluding hydrogens is 274 g/mol. The Hall–Kier alpha value is -1.75. The normalized spacial score (nSPS) is 15.8. The average molecular weight is 291 g/mol. The molecule has 2 aromatic rings. The van der Waals surface area contributed by atoms with Crippen LogP contribution in [0, 0.1) is 0 Å². The fraction of sp³-hybridized carbons (Fsp3) is 0.333. The van der Waals surface area contributed by atoms with Crippen molar-refractivity contribution in [1.29, 1.82) is 0 Å². The molecular formula is C15H17NO3S. The van der Waals surface area contributed by atoms with Crippen LogP contribution in [0.1, 0.15) is 12.8 Å². The summed E-state index contributed by atoms with van der Waals surface area (Å²) < 4.78 is 29.2. The van der Waals surface area contributed by atoms with Crippen LogP contribution in [0.3, 0.4) is 0 Å². The molecule has 1 aliphatic rings. The zero-order chi connectivity index (χ0) is 14.2. The minimum absolute atomic E-state index is 0.315. The summed E-state index contributed by atoms with van der Waals surface area (Å²) in [4.78, 5) is 2.59. The first-order valence-corrected chi connectivity index (χ1v) is 8.58. The molecule has 0 unspecified atom stereocenters. The van der Waals surface area contributed by atoms with Gasteiger partial charge in [0, 0.05) is 30.6 Å². The van der Waals surface area contributed by atoms with Crippen LogP contribution < -0.4 is 4.90 Å². The van der Waals surface area contributed by atoms with Crippen LogP contribution in [0.5, 0.6) is 0 Å². The molecule has 1 fully saturated rings. The standard InChI is InChI=1S/C15H17NO3S/c1-20(17,18)15-7-6-12(16-8-2-3-9-16)11-13(15)14-5-4-10-19-14/h4-7,10-11H,2-3,8-9H2,1H3. The van der Waals surface area contributed by atoms with E-state index >= 15 is 0 Å². The quantitative estimate of drug-likeness (QED) is 0.872. The van der Waals surface area contributed by atoms with E-state index in [9.17, 15) is 8.42 Å². The van der Waals surface area contributed by atoms with Crippen LogP contribution in [0.25, 0.3) is 11.3 Å². The van der Waals surface area contributed by atoms with Crippen molar-refractivity contribution in [2.45, 2.75) is 17.7 Å². The summed E-state index contributed by atoms with van der Waals surface area (Å²) in [7, 11) is -3.28. The van der Waals surface area contributed by atoms with Crippen molar-refractivity contribution in [3.05, 3.63) is 36.6 Å². The number of benzene rings is 1. The Bertz CT molecular complexity index is 699. The van der Waals surface area contributed by atoms with Gasteiger partial charge in [-0.25, -0.2) is 8.42 Å². The molecule has 1 aromatic carbocycles. The van der Waals surface area contributed by atoms with E-state index in [0.717, 1.165) is 18.8 Å². The van der Waals surface area contributed by atoms with Gasteiger partial charge in [-0.15, -0.1) is 0 Å². The molecule has 1 aromatic heterocycles. The maximum absolute atomic E-state index is 11.9. The van der Waals surface area contributed by atoms with Gasteiger partial charge in [0.25, 0.3) is 0 Å². The van der Waals surface area contributed by atoms with Gasteiger partial charge in [0.2, 0.25) is 0 Å². The van der Waals surface area contributed by atoms with Crippen LogP contribution in [-0.2, 0) is 9.84 Å². The Morgan fingerprint density at radius 1 is 1.15 bits per heavy atom. The zero-order valence-corrected chi connectivity index (χ0v) is 12.2. The molecule has 0 N–H and O–H groups in total. The summed E-state index contributed by atoms with van der Waals surface area (Å²) in [6.45, 7) is 2.05. The van der Waals surface area contributed by atoms with Crippen molar-refractivity contribution in [1.82, 2.24) is 0 Å². The molecule has 0 radical (unpaired) electrons. The van der Waals surface area contributed by atoms with E-state index in [1.165, 1.54) is 19.1 Å². The van der Waals surface area contributed by atoms with E-state index in [4.69, 9.17) is 4.42 Å². The predicted octanol–water partition coefficient (Wildman–Crippen LogP) is 2.95.